The Morgan fingerprint density at radius 3 is 1.96 bits per heavy atom. The van der Waals surface area contributed by atoms with Crippen molar-refractivity contribution in [3.63, 3.8) is 0 Å². The summed E-state index contributed by atoms with van der Waals surface area (Å²) in [6.07, 6.45) is 0.617. The molecule has 28 heavy (non-hydrogen) atoms. The number of hydrogen-bond donors (Lipinski definition) is 3. The van der Waals surface area contributed by atoms with E-state index in [1.807, 2.05) is 0 Å². The molecule has 0 atom stereocenters. The monoisotopic (exact) mass is 425 g/mol. The number of benzene rings is 2. The molecule has 0 unspecified atom stereocenters. The van der Waals surface area contributed by atoms with Crippen LogP contribution in [0.25, 0.3) is 0 Å². The standard InChI is InChI=1S/C18H23N3O5S2/c1-13(2)21-28(25,26)17-8-3-14(4-9-17)5-12-18(22)20-15-6-10-16(11-7-15)27(19,23)24/h3-4,6-11,13,21H,5,12H2,1-2H3,(H,20,22)(H2,19,23,24). The van der Waals surface area contributed by atoms with Crippen molar-refractivity contribution in [2.45, 2.75) is 42.5 Å². The first kappa shape index (κ1) is 22.0. The van der Waals surface area contributed by atoms with Crippen LogP contribution >= 0.6 is 0 Å². The Morgan fingerprint density at radius 2 is 1.46 bits per heavy atom. The Bertz CT molecular complexity index is 1030. The van der Waals surface area contributed by atoms with Crippen molar-refractivity contribution >= 4 is 31.6 Å². The molecule has 2 rings (SSSR count). The van der Waals surface area contributed by atoms with Gasteiger partial charge in [-0.1, -0.05) is 12.1 Å². The van der Waals surface area contributed by atoms with Crippen LogP contribution in [0.3, 0.4) is 0 Å². The summed E-state index contributed by atoms with van der Waals surface area (Å²) < 4.78 is 49.1. The predicted molar refractivity (Wildman–Crippen MR) is 107 cm³/mol. The van der Waals surface area contributed by atoms with Crippen molar-refractivity contribution in [1.29, 1.82) is 0 Å². The summed E-state index contributed by atoms with van der Waals surface area (Å²) in [6.45, 7) is 3.49. The summed E-state index contributed by atoms with van der Waals surface area (Å²) in [5.41, 5.74) is 1.28. The molecule has 0 aromatic heterocycles. The molecule has 0 aliphatic rings. The fourth-order valence-corrected chi connectivity index (χ4v) is 4.19. The highest BCUT2D eigenvalue weighted by Gasteiger charge is 2.15. The molecule has 0 saturated heterocycles. The van der Waals surface area contributed by atoms with E-state index in [1.54, 1.807) is 26.0 Å². The van der Waals surface area contributed by atoms with E-state index in [1.165, 1.54) is 36.4 Å². The van der Waals surface area contributed by atoms with Gasteiger partial charge in [-0.25, -0.2) is 26.7 Å². The van der Waals surface area contributed by atoms with Gasteiger partial charge in [-0.15, -0.1) is 0 Å². The summed E-state index contributed by atoms with van der Waals surface area (Å²) >= 11 is 0. The zero-order valence-corrected chi connectivity index (χ0v) is 17.2. The molecule has 0 aliphatic heterocycles. The van der Waals surface area contributed by atoms with E-state index in [0.29, 0.717) is 12.1 Å². The van der Waals surface area contributed by atoms with Crippen LogP contribution in [0.1, 0.15) is 25.8 Å². The van der Waals surface area contributed by atoms with Crippen LogP contribution in [0.4, 0.5) is 5.69 Å². The molecule has 0 spiro atoms. The van der Waals surface area contributed by atoms with Crippen LogP contribution < -0.4 is 15.2 Å². The van der Waals surface area contributed by atoms with Crippen molar-refractivity contribution in [2.24, 2.45) is 5.14 Å². The number of carbonyl (C=O) groups excluding carboxylic acids is 1. The zero-order valence-electron chi connectivity index (χ0n) is 15.5. The quantitative estimate of drug-likeness (QED) is 0.590. The minimum atomic E-state index is -3.78. The first-order valence-electron chi connectivity index (χ1n) is 8.51. The molecule has 0 bridgehead atoms. The van der Waals surface area contributed by atoms with E-state index in [2.05, 4.69) is 10.0 Å². The first-order chi connectivity index (χ1) is 13.0. The summed E-state index contributed by atoms with van der Waals surface area (Å²) in [6, 6.07) is 11.7. The Kier molecular flexibility index (Phi) is 6.94. The Hall–Kier alpha value is -2.27. The second-order valence-corrected chi connectivity index (χ2v) is 9.81. The summed E-state index contributed by atoms with van der Waals surface area (Å²) in [4.78, 5) is 12.2. The number of carbonyl (C=O) groups is 1. The highest BCUT2D eigenvalue weighted by Crippen LogP contribution is 2.15. The summed E-state index contributed by atoms with van der Waals surface area (Å²) in [5.74, 6) is -0.249. The third-order valence-corrected chi connectivity index (χ3v) is 6.34. The van der Waals surface area contributed by atoms with Gasteiger partial charge in [0.15, 0.2) is 0 Å². The van der Waals surface area contributed by atoms with Gasteiger partial charge in [-0.3, -0.25) is 4.79 Å². The summed E-state index contributed by atoms with van der Waals surface area (Å²) in [7, 11) is -7.32. The number of aryl methyl sites for hydroxylation is 1. The van der Waals surface area contributed by atoms with E-state index in [4.69, 9.17) is 5.14 Å². The topological polar surface area (TPSA) is 135 Å². The first-order valence-corrected chi connectivity index (χ1v) is 11.5. The van der Waals surface area contributed by atoms with Crippen molar-refractivity contribution in [1.82, 2.24) is 4.72 Å². The van der Waals surface area contributed by atoms with Crippen molar-refractivity contribution in [3.05, 3.63) is 54.1 Å². The van der Waals surface area contributed by atoms with Gasteiger partial charge in [-0.2, -0.15) is 0 Å². The number of anilines is 1. The lowest BCUT2D eigenvalue weighted by atomic mass is 10.1. The minimum Gasteiger partial charge on any atom is -0.326 e. The van der Waals surface area contributed by atoms with Crippen LogP contribution in [0.15, 0.2) is 58.3 Å². The molecule has 0 radical (unpaired) electrons. The van der Waals surface area contributed by atoms with Gasteiger partial charge in [0.05, 0.1) is 9.79 Å². The van der Waals surface area contributed by atoms with Gasteiger partial charge in [0, 0.05) is 18.2 Å². The highest BCUT2D eigenvalue weighted by molar-refractivity contribution is 7.89. The maximum atomic E-state index is 12.1. The van der Waals surface area contributed by atoms with Crippen molar-refractivity contribution in [2.75, 3.05) is 5.32 Å². The smallest absolute Gasteiger partial charge is 0.240 e. The largest absolute Gasteiger partial charge is 0.326 e. The van der Waals surface area contributed by atoms with E-state index in [-0.39, 0.29) is 28.2 Å². The van der Waals surface area contributed by atoms with Gasteiger partial charge in [-0.05, 0) is 62.2 Å². The lowest BCUT2D eigenvalue weighted by molar-refractivity contribution is -0.116. The van der Waals surface area contributed by atoms with E-state index in [0.717, 1.165) is 5.56 Å². The van der Waals surface area contributed by atoms with E-state index < -0.39 is 20.0 Å². The molecule has 152 valence electrons. The molecular weight excluding hydrogens is 402 g/mol. The van der Waals surface area contributed by atoms with Crippen LogP contribution in [-0.4, -0.2) is 28.8 Å². The lowest BCUT2D eigenvalue weighted by Crippen LogP contribution is -2.30. The molecule has 1 amide bonds. The van der Waals surface area contributed by atoms with Gasteiger partial charge in [0.1, 0.15) is 0 Å². The summed E-state index contributed by atoms with van der Waals surface area (Å²) in [5, 5.41) is 7.69. The molecule has 8 nitrogen and oxygen atoms in total. The number of rotatable bonds is 8. The number of amides is 1. The van der Waals surface area contributed by atoms with Crippen molar-refractivity contribution < 1.29 is 21.6 Å². The average molecular weight is 426 g/mol. The molecule has 2 aromatic rings. The second-order valence-electron chi connectivity index (χ2n) is 6.54. The number of primary sulfonamides is 1. The molecule has 0 aliphatic carbocycles. The third-order valence-electron chi connectivity index (χ3n) is 3.73. The number of hydrogen-bond acceptors (Lipinski definition) is 5. The molecule has 0 saturated carbocycles. The van der Waals surface area contributed by atoms with Crippen LogP contribution in [-0.2, 0) is 31.3 Å². The molecule has 0 heterocycles. The molecule has 10 heteroatoms. The van der Waals surface area contributed by atoms with Crippen LogP contribution in [0, 0.1) is 0 Å². The Balaban J connectivity index is 1.92. The van der Waals surface area contributed by atoms with Crippen molar-refractivity contribution in [3.8, 4) is 0 Å². The van der Waals surface area contributed by atoms with Gasteiger partial charge >= 0.3 is 0 Å². The van der Waals surface area contributed by atoms with E-state index >= 15 is 0 Å². The minimum absolute atomic E-state index is 0.0347. The third kappa shape index (κ3) is 6.41. The average Bonchev–Trinajstić information content (AvgIpc) is 2.59. The zero-order chi connectivity index (χ0) is 20.9. The Labute approximate surface area is 165 Å². The highest BCUT2D eigenvalue weighted by atomic mass is 32.2. The fraction of sp³-hybridized carbons (Fsp3) is 0.278. The fourth-order valence-electron chi connectivity index (χ4n) is 2.42. The number of sulfonamides is 2. The SMILES string of the molecule is CC(C)NS(=O)(=O)c1ccc(CCC(=O)Nc2ccc(S(N)(=O)=O)cc2)cc1. The Morgan fingerprint density at radius 1 is 0.929 bits per heavy atom. The molecule has 0 fully saturated rings. The van der Waals surface area contributed by atoms with Crippen LogP contribution in [0.5, 0.6) is 0 Å². The maximum Gasteiger partial charge on any atom is 0.240 e. The second kappa shape index (κ2) is 8.82. The van der Waals surface area contributed by atoms with Gasteiger partial charge in [0.25, 0.3) is 0 Å². The normalized spacial score (nSPS) is 12.1. The molecular formula is C18H23N3O5S2. The lowest BCUT2D eigenvalue weighted by Gasteiger charge is -2.10. The number of nitrogens with two attached hydrogens (primary N) is 1. The predicted octanol–water partition coefficient (Wildman–Crippen LogP) is 1.59. The molecule has 2 aromatic carbocycles. The van der Waals surface area contributed by atoms with E-state index in [9.17, 15) is 21.6 Å². The van der Waals surface area contributed by atoms with Gasteiger partial charge < -0.3 is 5.32 Å². The maximum absolute atomic E-state index is 12.1. The van der Waals surface area contributed by atoms with Gasteiger partial charge in [0.2, 0.25) is 26.0 Å². The number of nitrogens with one attached hydrogen (secondary N) is 2. The van der Waals surface area contributed by atoms with Crippen LogP contribution in [0.2, 0.25) is 0 Å². The molecule has 4 N–H and O–H groups in total.